The highest BCUT2D eigenvalue weighted by molar-refractivity contribution is 5.77. The van der Waals surface area contributed by atoms with E-state index in [1.807, 2.05) is 4.98 Å². The molecule has 120 valence electrons. The van der Waals surface area contributed by atoms with Gasteiger partial charge in [0, 0.05) is 0 Å². The van der Waals surface area contributed by atoms with E-state index in [1.165, 1.54) is 10.7 Å². The smallest absolute Gasteiger partial charge is 0.291 e. The van der Waals surface area contributed by atoms with Crippen molar-refractivity contribution < 1.29 is 8.78 Å². The summed E-state index contributed by atoms with van der Waals surface area (Å²) in [6.07, 6.45) is 0. The topological polar surface area (TPSA) is 83.5 Å². The van der Waals surface area contributed by atoms with E-state index < -0.39 is 24.0 Å². The summed E-state index contributed by atoms with van der Waals surface area (Å²) in [5, 5.41) is 4.06. The molecule has 0 aliphatic heterocycles. The average Bonchev–Trinajstić information content (AvgIpc) is 2.88. The molecule has 0 fully saturated rings. The monoisotopic (exact) mass is 320 g/mol. The van der Waals surface area contributed by atoms with Crippen LogP contribution in [0.15, 0.2) is 27.8 Å². The first-order valence-electron chi connectivity index (χ1n) is 6.98. The molecule has 0 spiro atoms. The van der Waals surface area contributed by atoms with Gasteiger partial charge in [-0.3, -0.25) is 14.8 Å². The Kier molecular flexibility index (Phi) is 3.59. The summed E-state index contributed by atoms with van der Waals surface area (Å²) in [7, 11) is 0. The van der Waals surface area contributed by atoms with E-state index >= 15 is 0 Å². The molecule has 8 heteroatoms. The Morgan fingerprint density at radius 1 is 1.30 bits per heavy atom. The summed E-state index contributed by atoms with van der Waals surface area (Å²) >= 11 is 0. The lowest BCUT2D eigenvalue weighted by Crippen LogP contribution is -2.23. The zero-order chi connectivity index (χ0) is 16.7. The number of H-pyrrole nitrogens is 2. The molecule has 23 heavy (non-hydrogen) atoms. The van der Waals surface area contributed by atoms with Gasteiger partial charge in [-0.05, 0) is 31.0 Å². The minimum Gasteiger partial charge on any atom is -0.291 e. The van der Waals surface area contributed by atoms with Crippen LogP contribution in [0.4, 0.5) is 8.78 Å². The first-order chi connectivity index (χ1) is 10.9. The van der Waals surface area contributed by atoms with Gasteiger partial charge in [0.2, 0.25) is 0 Å². The Labute approximate surface area is 128 Å². The molecule has 0 saturated carbocycles. The quantitative estimate of drug-likeness (QED) is 0.773. The third kappa shape index (κ3) is 2.45. The zero-order valence-electron chi connectivity index (χ0n) is 12.5. The van der Waals surface area contributed by atoms with Crippen molar-refractivity contribution in [3.63, 3.8) is 0 Å². The van der Waals surface area contributed by atoms with E-state index in [1.54, 1.807) is 26.0 Å². The Morgan fingerprint density at radius 2 is 2.04 bits per heavy atom. The van der Waals surface area contributed by atoms with Crippen LogP contribution in [0, 0.1) is 12.7 Å². The predicted octanol–water partition coefficient (Wildman–Crippen LogP) is 1.94. The number of halogens is 2. The van der Waals surface area contributed by atoms with E-state index in [9.17, 15) is 18.4 Å². The Morgan fingerprint density at radius 3 is 2.70 bits per heavy atom. The van der Waals surface area contributed by atoms with Crippen molar-refractivity contribution in [3.8, 4) is 0 Å². The minimum absolute atomic E-state index is 0.00784. The third-order valence-electron chi connectivity index (χ3n) is 3.84. The van der Waals surface area contributed by atoms with Crippen molar-refractivity contribution in [2.45, 2.75) is 26.6 Å². The molecule has 0 radical (unpaired) electrons. The van der Waals surface area contributed by atoms with E-state index in [4.69, 9.17) is 0 Å². The molecule has 0 aliphatic rings. The normalized spacial score (nSPS) is 12.7. The molecule has 0 bridgehead atoms. The summed E-state index contributed by atoms with van der Waals surface area (Å²) < 4.78 is 28.2. The van der Waals surface area contributed by atoms with Crippen LogP contribution >= 0.6 is 0 Å². The number of aryl methyl sites for hydroxylation is 1. The molecule has 0 aliphatic carbocycles. The second-order valence-corrected chi connectivity index (χ2v) is 5.34. The van der Waals surface area contributed by atoms with Crippen LogP contribution < -0.4 is 11.2 Å². The zero-order valence-corrected chi connectivity index (χ0v) is 12.5. The van der Waals surface area contributed by atoms with Crippen molar-refractivity contribution >= 4 is 11.0 Å². The average molecular weight is 320 g/mol. The Balaban J connectivity index is 2.25. The summed E-state index contributed by atoms with van der Waals surface area (Å²) in [5.41, 5.74) is -0.289. The lowest BCUT2D eigenvalue weighted by Gasteiger charge is -2.14. The standard InChI is InChI=1S/C15H14F2N4O2/c1-7-3-4-9(5-10(7)17)8(2)21-13-12(11(6-16)20-21)14(22)19-15(23)18-13/h3-5,8H,6H2,1-2H3,(H2,18,19,22,23)/t8-/m1/s1. The second kappa shape index (κ2) is 5.45. The Hall–Kier alpha value is -2.77. The van der Waals surface area contributed by atoms with Gasteiger partial charge in [-0.1, -0.05) is 12.1 Å². The van der Waals surface area contributed by atoms with Crippen molar-refractivity contribution in [2.75, 3.05) is 0 Å². The van der Waals surface area contributed by atoms with Crippen LogP contribution in [-0.4, -0.2) is 19.7 Å². The maximum atomic E-state index is 13.8. The van der Waals surface area contributed by atoms with Gasteiger partial charge in [0.05, 0.1) is 6.04 Å². The molecular weight excluding hydrogens is 306 g/mol. The molecule has 0 saturated heterocycles. The number of fused-ring (bicyclic) bond motifs is 1. The first kappa shape index (κ1) is 15.1. The fourth-order valence-electron chi connectivity index (χ4n) is 2.53. The summed E-state index contributed by atoms with van der Waals surface area (Å²) in [4.78, 5) is 27.9. The molecule has 0 unspecified atom stereocenters. The van der Waals surface area contributed by atoms with Gasteiger partial charge < -0.3 is 0 Å². The number of hydrogen-bond donors (Lipinski definition) is 2. The number of aromatic nitrogens is 4. The van der Waals surface area contributed by atoms with Crippen LogP contribution in [0.1, 0.15) is 29.8 Å². The van der Waals surface area contributed by atoms with E-state index in [0.29, 0.717) is 11.1 Å². The number of nitrogens with zero attached hydrogens (tertiary/aromatic N) is 2. The number of aromatic amines is 2. The van der Waals surface area contributed by atoms with Gasteiger partial charge in [0.25, 0.3) is 5.56 Å². The first-order valence-corrected chi connectivity index (χ1v) is 6.98. The minimum atomic E-state index is -0.951. The van der Waals surface area contributed by atoms with Gasteiger partial charge in [0.1, 0.15) is 29.2 Å². The highest BCUT2D eigenvalue weighted by Gasteiger charge is 2.20. The maximum Gasteiger partial charge on any atom is 0.327 e. The van der Waals surface area contributed by atoms with Crippen LogP contribution in [-0.2, 0) is 6.67 Å². The van der Waals surface area contributed by atoms with Gasteiger partial charge in [-0.25, -0.2) is 18.3 Å². The number of benzene rings is 1. The highest BCUT2D eigenvalue weighted by atomic mass is 19.1. The van der Waals surface area contributed by atoms with Crippen molar-refractivity contribution in [1.82, 2.24) is 19.7 Å². The van der Waals surface area contributed by atoms with Crippen molar-refractivity contribution in [1.29, 1.82) is 0 Å². The van der Waals surface area contributed by atoms with Crippen LogP contribution in [0.3, 0.4) is 0 Å². The molecule has 3 rings (SSSR count). The predicted molar refractivity (Wildman–Crippen MR) is 80.7 cm³/mol. The Bertz CT molecular complexity index is 1000. The largest absolute Gasteiger partial charge is 0.327 e. The molecule has 1 atom stereocenters. The fourth-order valence-corrected chi connectivity index (χ4v) is 2.53. The summed E-state index contributed by atoms with van der Waals surface area (Å²) in [6, 6.07) is 4.20. The van der Waals surface area contributed by atoms with Gasteiger partial charge in [-0.15, -0.1) is 0 Å². The molecule has 1 aromatic carbocycles. The van der Waals surface area contributed by atoms with Crippen LogP contribution in [0.5, 0.6) is 0 Å². The molecule has 2 N–H and O–H groups in total. The van der Waals surface area contributed by atoms with Crippen molar-refractivity contribution in [3.05, 3.63) is 61.7 Å². The number of hydrogen-bond acceptors (Lipinski definition) is 3. The highest BCUT2D eigenvalue weighted by Crippen LogP contribution is 2.24. The SMILES string of the molecule is Cc1ccc([C@@H](C)n2nc(CF)c3c(=O)[nH]c(=O)[nH]c32)cc1F. The second-order valence-electron chi connectivity index (χ2n) is 5.34. The fraction of sp³-hybridized carbons (Fsp3) is 0.267. The molecule has 3 aromatic rings. The third-order valence-corrected chi connectivity index (χ3v) is 3.84. The van der Waals surface area contributed by atoms with E-state index in [-0.39, 0.29) is 22.5 Å². The van der Waals surface area contributed by atoms with Crippen LogP contribution in [0.2, 0.25) is 0 Å². The number of rotatable bonds is 3. The summed E-state index contributed by atoms with van der Waals surface area (Å²) in [6.45, 7) is 2.41. The molecule has 0 amide bonds. The number of alkyl halides is 1. The lowest BCUT2D eigenvalue weighted by atomic mass is 10.1. The molecule has 2 heterocycles. The van der Waals surface area contributed by atoms with E-state index in [0.717, 1.165) is 0 Å². The van der Waals surface area contributed by atoms with Crippen molar-refractivity contribution in [2.24, 2.45) is 0 Å². The van der Waals surface area contributed by atoms with Gasteiger partial charge >= 0.3 is 5.69 Å². The number of nitrogens with one attached hydrogen (secondary N) is 2. The lowest BCUT2D eigenvalue weighted by molar-refractivity contribution is 0.464. The van der Waals surface area contributed by atoms with E-state index in [2.05, 4.69) is 10.1 Å². The van der Waals surface area contributed by atoms with Crippen LogP contribution in [0.25, 0.3) is 11.0 Å². The maximum absolute atomic E-state index is 13.8. The summed E-state index contributed by atoms with van der Waals surface area (Å²) in [5.74, 6) is -0.372. The van der Waals surface area contributed by atoms with Gasteiger partial charge in [0.15, 0.2) is 0 Å². The molecule has 2 aromatic heterocycles. The molecular formula is C15H14F2N4O2. The van der Waals surface area contributed by atoms with Gasteiger partial charge in [-0.2, -0.15) is 5.10 Å². The molecule has 6 nitrogen and oxygen atoms in total.